The molecular formula is C22H22F2N2O3. The number of anilines is 1. The Hall–Kier alpha value is -2.96. The third-order valence-corrected chi connectivity index (χ3v) is 5.39. The summed E-state index contributed by atoms with van der Waals surface area (Å²) in [7, 11) is 0. The molecule has 152 valence electrons. The van der Waals surface area contributed by atoms with E-state index in [9.17, 15) is 18.4 Å². The lowest BCUT2D eigenvalue weighted by Gasteiger charge is -2.32. The minimum absolute atomic E-state index is 0.0270. The summed E-state index contributed by atoms with van der Waals surface area (Å²) in [6.45, 7) is 1.65. The van der Waals surface area contributed by atoms with Crippen LogP contribution in [0.5, 0.6) is 5.75 Å². The van der Waals surface area contributed by atoms with Crippen LogP contribution in [0.15, 0.2) is 42.5 Å². The Bertz CT molecular complexity index is 926. The van der Waals surface area contributed by atoms with Crippen LogP contribution in [0.1, 0.15) is 36.0 Å². The monoisotopic (exact) mass is 400 g/mol. The molecule has 2 aromatic carbocycles. The lowest BCUT2D eigenvalue weighted by Crippen LogP contribution is -2.41. The van der Waals surface area contributed by atoms with Gasteiger partial charge < -0.3 is 14.5 Å². The fourth-order valence-electron chi connectivity index (χ4n) is 3.84. The normalized spacial score (nSPS) is 17.7. The maximum Gasteiger partial charge on any atom is 0.253 e. The zero-order valence-electron chi connectivity index (χ0n) is 15.9. The molecule has 0 N–H and O–H groups in total. The molecule has 0 aliphatic carbocycles. The SMILES string of the molecule is O=C(c1cccc(N2CCCC2=O)c1)N1CCC(Oc2ccc(F)cc2F)CC1. The Labute approximate surface area is 167 Å². The van der Waals surface area contributed by atoms with Gasteiger partial charge in [0.15, 0.2) is 11.6 Å². The van der Waals surface area contributed by atoms with Gasteiger partial charge in [0.25, 0.3) is 5.91 Å². The molecule has 2 aromatic rings. The van der Waals surface area contributed by atoms with Gasteiger partial charge in [0.1, 0.15) is 11.9 Å². The maximum atomic E-state index is 13.8. The largest absolute Gasteiger partial charge is 0.487 e. The van der Waals surface area contributed by atoms with Crippen LogP contribution in [0, 0.1) is 11.6 Å². The van der Waals surface area contributed by atoms with Crippen LogP contribution in [0.25, 0.3) is 0 Å². The van der Waals surface area contributed by atoms with Crippen molar-refractivity contribution in [2.24, 2.45) is 0 Å². The van der Waals surface area contributed by atoms with Crippen molar-refractivity contribution in [2.75, 3.05) is 24.5 Å². The summed E-state index contributed by atoms with van der Waals surface area (Å²) in [6, 6.07) is 10.4. The Kier molecular flexibility index (Phi) is 5.47. The van der Waals surface area contributed by atoms with Crippen LogP contribution < -0.4 is 9.64 Å². The van der Waals surface area contributed by atoms with E-state index in [0.717, 1.165) is 24.2 Å². The Morgan fingerprint density at radius 3 is 2.52 bits per heavy atom. The zero-order valence-corrected chi connectivity index (χ0v) is 15.9. The summed E-state index contributed by atoms with van der Waals surface area (Å²) in [5.41, 5.74) is 1.30. The fourth-order valence-corrected chi connectivity index (χ4v) is 3.84. The Balaban J connectivity index is 1.37. The molecule has 0 saturated carbocycles. The molecule has 2 aliphatic heterocycles. The first-order valence-corrected chi connectivity index (χ1v) is 9.82. The number of amides is 2. The number of carbonyl (C=O) groups excluding carboxylic acids is 2. The highest BCUT2D eigenvalue weighted by Gasteiger charge is 2.27. The maximum absolute atomic E-state index is 13.8. The van der Waals surface area contributed by atoms with Gasteiger partial charge in [0.05, 0.1) is 0 Å². The van der Waals surface area contributed by atoms with Crippen molar-refractivity contribution in [1.82, 2.24) is 4.90 Å². The summed E-state index contributed by atoms with van der Waals surface area (Å²) in [5.74, 6) is -1.35. The van der Waals surface area contributed by atoms with Crippen LogP contribution in [-0.2, 0) is 4.79 Å². The highest BCUT2D eigenvalue weighted by atomic mass is 19.1. The molecule has 2 amide bonds. The molecule has 0 atom stereocenters. The first-order chi connectivity index (χ1) is 14.0. The minimum atomic E-state index is -0.725. The molecule has 0 radical (unpaired) electrons. The Morgan fingerprint density at radius 1 is 1.03 bits per heavy atom. The second-order valence-corrected chi connectivity index (χ2v) is 7.38. The van der Waals surface area contributed by atoms with E-state index in [0.29, 0.717) is 44.5 Å². The fraction of sp³-hybridized carbons (Fsp3) is 0.364. The predicted octanol–water partition coefficient (Wildman–Crippen LogP) is 3.78. The van der Waals surface area contributed by atoms with Crippen molar-refractivity contribution >= 4 is 17.5 Å². The van der Waals surface area contributed by atoms with Gasteiger partial charge >= 0.3 is 0 Å². The molecule has 2 aliphatic rings. The van der Waals surface area contributed by atoms with Gasteiger partial charge in [-0.05, 0) is 36.8 Å². The number of ether oxygens (including phenoxy) is 1. The lowest BCUT2D eigenvalue weighted by molar-refractivity contribution is -0.117. The van der Waals surface area contributed by atoms with Crippen LogP contribution >= 0.6 is 0 Å². The number of rotatable bonds is 4. The number of carbonyl (C=O) groups is 2. The summed E-state index contributed by atoms with van der Waals surface area (Å²) >= 11 is 0. The number of nitrogens with zero attached hydrogens (tertiary/aromatic N) is 2. The molecule has 4 rings (SSSR count). The summed E-state index contributed by atoms with van der Waals surface area (Å²) in [4.78, 5) is 28.3. The van der Waals surface area contributed by atoms with E-state index in [2.05, 4.69) is 0 Å². The number of likely N-dealkylation sites (tertiary alicyclic amines) is 1. The van der Waals surface area contributed by atoms with E-state index in [1.807, 2.05) is 6.07 Å². The number of piperidine rings is 1. The van der Waals surface area contributed by atoms with Crippen molar-refractivity contribution in [3.63, 3.8) is 0 Å². The molecular weight excluding hydrogens is 378 g/mol. The highest BCUT2D eigenvalue weighted by molar-refractivity contribution is 5.99. The molecule has 0 unspecified atom stereocenters. The van der Waals surface area contributed by atoms with E-state index in [4.69, 9.17) is 4.74 Å². The topological polar surface area (TPSA) is 49.9 Å². The summed E-state index contributed by atoms with van der Waals surface area (Å²) in [5, 5.41) is 0. The van der Waals surface area contributed by atoms with Gasteiger partial charge in [-0.3, -0.25) is 9.59 Å². The second-order valence-electron chi connectivity index (χ2n) is 7.38. The molecule has 29 heavy (non-hydrogen) atoms. The van der Waals surface area contributed by atoms with Crippen LogP contribution in [-0.4, -0.2) is 42.5 Å². The molecule has 2 heterocycles. The third kappa shape index (κ3) is 4.23. The van der Waals surface area contributed by atoms with E-state index in [1.54, 1.807) is 28.0 Å². The van der Waals surface area contributed by atoms with Crippen molar-refractivity contribution in [2.45, 2.75) is 31.8 Å². The molecule has 2 fully saturated rings. The average molecular weight is 400 g/mol. The van der Waals surface area contributed by atoms with Crippen LogP contribution in [0.2, 0.25) is 0 Å². The highest BCUT2D eigenvalue weighted by Crippen LogP contribution is 2.25. The third-order valence-electron chi connectivity index (χ3n) is 5.39. The molecule has 0 spiro atoms. The zero-order chi connectivity index (χ0) is 20.4. The van der Waals surface area contributed by atoms with Crippen molar-refractivity contribution in [3.05, 3.63) is 59.7 Å². The van der Waals surface area contributed by atoms with Crippen LogP contribution in [0.4, 0.5) is 14.5 Å². The van der Waals surface area contributed by atoms with Gasteiger partial charge in [-0.25, -0.2) is 8.78 Å². The Morgan fingerprint density at radius 2 is 1.83 bits per heavy atom. The average Bonchev–Trinajstić information content (AvgIpc) is 3.16. The lowest BCUT2D eigenvalue weighted by atomic mass is 10.1. The minimum Gasteiger partial charge on any atom is -0.487 e. The van der Waals surface area contributed by atoms with E-state index < -0.39 is 11.6 Å². The van der Waals surface area contributed by atoms with E-state index in [-0.39, 0.29) is 23.7 Å². The van der Waals surface area contributed by atoms with Gasteiger partial charge in [0.2, 0.25) is 5.91 Å². The molecule has 5 nitrogen and oxygen atoms in total. The summed E-state index contributed by atoms with van der Waals surface area (Å²) in [6.07, 6.45) is 2.27. The van der Waals surface area contributed by atoms with E-state index in [1.165, 1.54) is 6.07 Å². The van der Waals surface area contributed by atoms with Gasteiger partial charge in [-0.1, -0.05) is 6.07 Å². The van der Waals surface area contributed by atoms with Crippen molar-refractivity contribution in [1.29, 1.82) is 0 Å². The molecule has 7 heteroatoms. The van der Waals surface area contributed by atoms with Crippen molar-refractivity contribution in [3.8, 4) is 5.75 Å². The van der Waals surface area contributed by atoms with Gasteiger partial charge in [-0.2, -0.15) is 0 Å². The van der Waals surface area contributed by atoms with Gasteiger partial charge in [-0.15, -0.1) is 0 Å². The number of hydrogen-bond acceptors (Lipinski definition) is 3. The molecule has 2 saturated heterocycles. The van der Waals surface area contributed by atoms with Gasteiger partial charge in [0, 0.05) is 56.2 Å². The number of halogens is 2. The van der Waals surface area contributed by atoms with Crippen molar-refractivity contribution < 1.29 is 23.1 Å². The number of benzene rings is 2. The summed E-state index contributed by atoms with van der Waals surface area (Å²) < 4.78 is 32.4. The quantitative estimate of drug-likeness (QED) is 0.785. The first-order valence-electron chi connectivity index (χ1n) is 9.82. The second kappa shape index (κ2) is 8.19. The smallest absolute Gasteiger partial charge is 0.253 e. The van der Waals surface area contributed by atoms with Crippen LogP contribution in [0.3, 0.4) is 0 Å². The first kappa shape index (κ1) is 19.4. The standard InChI is InChI=1S/C22H22F2N2O3/c23-16-6-7-20(19(24)14-16)29-18-8-11-25(12-9-18)22(28)15-3-1-4-17(13-15)26-10-2-5-21(26)27/h1,3-4,6-7,13-14,18H,2,5,8-12H2. The molecule has 0 bridgehead atoms. The van der Waals surface area contributed by atoms with E-state index >= 15 is 0 Å². The number of hydrogen-bond donors (Lipinski definition) is 0. The predicted molar refractivity (Wildman–Crippen MR) is 104 cm³/mol. The molecule has 0 aromatic heterocycles.